The second-order valence-electron chi connectivity index (χ2n) is 2.93. The highest BCUT2D eigenvalue weighted by Crippen LogP contribution is 1.95. The van der Waals surface area contributed by atoms with Gasteiger partial charge >= 0.3 is 0 Å². The first-order valence-electron chi connectivity index (χ1n) is 3.94. The van der Waals surface area contributed by atoms with Crippen LogP contribution in [0.5, 0.6) is 0 Å². The first kappa shape index (κ1) is 9.44. The predicted octanol–water partition coefficient (Wildman–Crippen LogP) is 0.360. The van der Waals surface area contributed by atoms with Crippen LogP contribution in [0.4, 0.5) is 0 Å². The number of nitrogens with zero attached hydrogens (tertiary/aromatic N) is 1. The summed E-state index contributed by atoms with van der Waals surface area (Å²) in [6.07, 6.45) is 1.90. The first-order valence-corrected chi connectivity index (χ1v) is 3.94. The molecule has 0 aliphatic carbocycles. The number of aldehydes is 1. The Kier molecular flexibility index (Phi) is 2.79. The third kappa shape index (κ3) is 2.40. The SMILES string of the molecule is CC(C)NC(=O)c1cnc(C=O)[nH]1. The standard InChI is InChI=1S/C8H11N3O2/c1-5(2)10-8(13)6-3-9-7(4-12)11-6/h3-5H,1-2H3,(H,9,11)(H,10,13). The number of carbonyl (C=O) groups excluding carboxylic acids is 2. The van der Waals surface area contributed by atoms with Crippen LogP contribution in [0, 0.1) is 0 Å². The molecule has 0 bridgehead atoms. The maximum Gasteiger partial charge on any atom is 0.269 e. The number of aromatic nitrogens is 2. The average Bonchev–Trinajstić information content (AvgIpc) is 2.50. The molecule has 1 aromatic rings. The van der Waals surface area contributed by atoms with Crippen LogP contribution in [0.15, 0.2) is 6.20 Å². The van der Waals surface area contributed by atoms with Crippen molar-refractivity contribution < 1.29 is 9.59 Å². The number of aromatic amines is 1. The van der Waals surface area contributed by atoms with Crippen molar-refractivity contribution in [2.45, 2.75) is 19.9 Å². The van der Waals surface area contributed by atoms with Gasteiger partial charge in [0.1, 0.15) is 5.69 Å². The molecule has 0 aliphatic heterocycles. The lowest BCUT2D eigenvalue weighted by Gasteiger charge is -2.05. The third-order valence-corrected chi connectivity index (χ3v) is 1.37. The Morgan fingerprint density at radius 1 is 1.69 bits per heavy atom. The van der Waals surface area contributed by atoms with Gasteiger partial charge in [0.15, 0.2) is 12.1 Å². The highest BCUT2D eigenvalue weighted by molar-refractivity contribution is 5.93. The van der Waals surface area contributed by atoms with E-state index < -0.39 is 0 Å². The summed E-state index contributed by atoms with van der Waals surface area (Å²) in [4.78, 5) is 27.8. The lowest BCUT2D eigenvalue weighted by atomic mass is 10.3. The van der Waals surface area contributed by atoms with E-state index in [2.05, 4.69) is 15.3 Å². The zero-order valence-corrected chi connectivity index (χ0v) is 7.50. The van der Waals surface area contributed by atoms with E-state index in [9.17, 15) is 9.59 Å². The lowest BCUT2D eigenvalue weighted by Crippen LogP contribution is -2.30. The minimum atomic E-state index is -0.254. The van der Waals surface area contributed by atoms with Crippen LogP contribution in [0.1, 0.15) is 35.0 Å². The normalized spacial score (nSPS) is 10.1. The van der Waals surface area contributed by atoms with E-state index in [1.165, 1.54) is 6.20 Å². The van der Waals surface area contributed by atoms with Crippen molar-refractivity contribution in [1.82, 2.24) is 15.3 Å². The van der Waals surface area contributed by atoms with E-state index in [1.807, 2.05) is 13.8 Å². The zero-order valence-electron chi connectivity index (χ0n) is 7.50. The quantitative estimate of drug-likeness (QED) is 0.661. The summed E-state index contributed by atoms with van der Waals surface area (Å²) in [6, 6.07) is 0.0653. The summed E-state index contributed by atoms with van der Waals surface area (Å²) >= 11 is 0. The van der Waals surface area contributed by atoms with Crippen molar-refractivity contribution in [3.8, 4) is 0 Å². The van der Waals surface area contributed by atoms with Crippen molar-refractivity contribution in [3.63, 3.8) is 0 Å². The van der Waals surface area contributed by atoms with E-state index in [4.69, 9.17) is 0 Å². The molecular weight excluding hydrogens is 170 g/mol. The summed E-state index contributed by atoms with van der Waals surface area (Å²) in [5.74, 6) is -0.0930. The van der Waals surface area contributed by atoms with Crippen LogP contribution < -0.4 is 5.32 Å². The number of rotatable bonds is 3. The summed E-state index contributed by atoms with van der Waals surface area (Å²) < 4.78 is 0. The Bertz CT molecular complexity index is 317. The van der Waals surface area contributed by atoms with Gasteiger partial charge in [-0.2, -0.15) is 0 Å². The molecule has 0 spiro atoms. The van der Waals surface area contributed by atoms with Gasteiger partial charge in [0.25, 0.3) is 5.91 Å². The van der Waals surface area contributed by atoms with E-state index in [0.717, 1.165) is 0 Å². The second kappa shape index (κ2) is 3.84. The molecule has 0 unspecified atom stereocenters. The van der Waals surface area contributed by atoms with Crippen LogP contribution in [0.25, 0.3) is 0 Å². The number of H-pyrrole nitrogens is 1. The molecule has 0 fully saturated rings. The molecule has 0 saturated heterocycles. The summed E-state index contributed by atoms with van der Waals surface area (Å²) in [7, 11) is 0. The molecule has 1 heterocycles. The third-order valence-electron chi connectivity index (χ3n) is 1.37. The fraction of sp³-hybridized carbons (Fsp3) is 0.375. The first-order chi connectivity index (χ1) is 6.13. The fourth-order valence-electron chi connectivity index (χ4n) is 0.852. The molecule has 5 nitrogen and oxygen atoms in total. The lowest BCUT2D eigenvalue weighted by molar-refractivity contribution is 0.0938. The topological polar surface area (TPSA) is 74.8 Å². The van der Waals surface area contributed by atoms with E-state index in [1.54, 1.807) is 0 Å². The van der Waals surface area contributed by atoms with Gasteiger partial charge in [0.05, 0.1) is 6.20 Å². The number of hydrogen-bond acceptors (Lipinski definition) is 3. The Balaban J connectivity index is 2.71. The number of amides is 1. The Labute approximate surface area is 75.6 Å². The summed E-state index contributed by atoms with van der Waals surface area (Å²) in [5, 5.41) is 2.67. The smallest absolute Gasteiger partial charge is 0.269 e. The van der Waals surface area contributed by atoms with Crippen molar-refractivity contribution in [2.24, 2.45) is 0 Å². The van der Waals surface area contributed by atoms with Crippen LogP contribution in [0.2, 0.25) is 0 Å². The fourth-order valence-corrected chi connectivity index (χ4v) is 0.852. The molecule has 0 aliphatic rings. The van der Waals surface area contributed by atoms with Gasteiger partial charge in [-0.15, -0.1) is 0 Å². The molecule has 0 saturated carbocycles. The molecule has 0 radical (unpaired) electrons. The monoisotopic (exact) mass is 181 g/mol. The molecule has 1 rings (SSSR count). The molecule has 0 aromatic carbocycles. The van der Waals surface area contributed by atoms with Crippen LogP contribution in [-0.2, 0) is 0 Å². The number of imidazole rings is 1. The molecule has 5 heteroatoms. The van der Waals surface area contributed by atoms with E-state index >= 15 is 0 Å². The number of nitrogens with one attached hydrogen (secondary N) is 2. The molecule has 1 aromatic heterocycles. The van der Waals surface area contributed by atoms with Crippen LogP contribution >= 0.6 is 0 Å². The molecule has 13 heavy (non-hydrogen) atoms. The highest BCUT2D eigenvalue weighted by atomic mass is 16.2. The van der Waals surface area contributed by atoms with Gasteiger partial charge in [-0.25, -0.2) is 4.98 Å². The van der Waals surface area contributed by atoms with Gasteiger partial charge in [-0.3, -0.25) is 9.59 Å². The predicted molar refractivity (Wildman–Crippen MR) is 46.6 cm³/mol. The maximum absolute atomic E-state index is 11.3. The Morgan fingerprint density at radius 2 is 2.38 bits per heavy atom. The van der Waals surface area contributed by atoms with Crippen molar-refractivity contribution >= 4 is 12.2 Å². The maximum atomic E-state index is 11.3. The Hall–Kier alpha value is -1.65. The summed E-state index contributed by atoms with van der Waals surface area (Å²) in [6.45, 7) is 3.71. The van der Waals surface area contributed by atoms with Gasteiger partial charge in [0.2, 0.25) is 0 Å². The van der Waals surface area contributed by atoms with E-state index in [-0.39, 0.29) is 17.8 Å². The average molecular weight is 181 g/mol. The van der Waals surface area contributed by atoms with Crippen LogP contribution in [0.3, 0.4) is 0 Å². The molecule has 2 N–H and O–H groups in total. The number of carbonyl (C=O) groups is 2. The Morgan fingerprint density at radius 3 is 2.85 bits per heavy atom. The van der Waals surface area contributed by atoms with Crippen molar-refractivity contribution in [1.29, 1.82) is 0 Å². The van der Waals surface area contributed by atoms with Crippen molar-refractivity contribution in [3.05, 3.63) is 17.7 Å². The zero-order chi connectivity index (χ0) is 9.84. The molecule has 70 valence electrons. The molecule has 0 atom stereocenters. The van der Waals surface area contributed by atoms with Crippen LogP contribution in [-0.4, -0.2) is 28.2 Å². The largest absolute Gasteiger partial charge is 0.349 e. The molecule has 1 amide bonds. The number of hydrogen-bond donors (Lipinski definition) is 2. The van der Waals surface area contributed by atoms with Gasteiger partial charge in [0, 0.05) is 6.04 Å². The molecular formula is C8H11N3O2. The van der Waals surface area contributed by atoms with Gasteiger partial charge in [-0.05, 0) is 13.8 Å². The second-order valence-corrected chi connectivity index (χ2v) is 2.93. The van der Waals surface area contributed by atoms with Gasteiger partial charge < -0.3 is 10.3 Å². The van der Waals surface area contributed by atoms with Crippen molar-refractivity contribution in [2.75, 3.05) is 0 Å². The summed E-state index contributed by atoms with van der Waals surface area (Å²) in [5.41, 5.74) is 0.302. The highest BCUT2D eigenvalue weighted by Gasteiger charge is 2.09. The minimum Gasteiger partial charge on any atom is -0.349 e. The minimum absolute atomic E-state index is 0.0653. The van der Waals surface area contributed by atoms with E-state index in [0.29, 0.717) is 12.0 Å². The van der Waals surface area contributed by atoms with Gasteiger partial charge in [-0.1, -0.05) is 0 Å².